The lowest BCUT2D eigenvalue weighted by Gasteiger charge is -2.38. The summed E-state index contributed by atoms with van der Waals surface area (Å²) in [5, 5.41) is 3.51. The van der Waals surface area contributed by atoms with Crippen molar-refractivity contribution in [1.82, 2.24) is 19.8 Å². The van der Waals surface area contributed by atoms with E-state index in [9.17, 15) is 4.79 Å². The number of hydrogen-bond donors (Lipinski definition) is 1. The number of fused-ring (bicyclic) bond motifs is 4. The third-order valence-electron chi connectivity index (χ3n) is 6.72. The van der Waals surface area contributed by atoms with Crippen molar-refractivity contribution in [2.75, 3.05) is 26.2 Å². The number of pyridine rings is 2. The maximum absolute atomic E-state index is 13.1. The first-order valence-electron chi connectivity index (χ1n) is 10.9. The number of rotatable bonds is 5. The lowest BCUT2D eigenvalue weighted by atomic mass is 9.84. The third kappa shape index (κ3) is 5.49. The molecule has 2 fully saturated rings. The molecule has 0 unspecified atom stereocenters. The number of halogens is 2. The molecule has 2 saturated heterocycles. The second kappa shape index (κ2) is 10.9. The Morgan fingerprint density at radius 3 is 2.74 bits per heavy atom. The Morgan fingerprint density at radius 1 is 1.13 bits per heavy atom. The van der Waals surface area contributed by atoms with Crippen LogP contribution in [0, 0.1) is 5.92 Å². The lowest BCUT2D eigenvalue weighted by Crippen LogP contribution is -2.46. The predicted octanol–water partition coefficient (Wildman–Crippen LogP) is 2.97. The molecular weight excluding hydrogens is 435 g/mol. The first kappa shape index (κ1) is 24.2. The molecule has 0 amide bonds. The number of piperidine rings is 2. The Labute approximate surface area is 196 Å². The van der Waals surface area contributed by atoms with Gasteiger partial charge in [0.15, 0.2) is 0 Å². The summed E-state index contributed by atoms with van der Waals surface area (Å²) in [6, 6.07) is 8.28. The van der Waals surface area contributed by atoms with Gasteiger partial charge in [-0.05, 0) is 49.4 Å². The zero-order valence-electron chi connectivity index (χ0n) is 17.7. The molecule has 0 saturated carbocycles. The predicted molar refractivity (Wildman–Crippen MR) is 126 cm³/mol. The van der Waals surface area contributed by atoms with E-state index < -0.39 is 0 Å². The van der Waals surface area contributed by atoms with Crippen LogP contribution in [0.25, 0.3) is 0 Å². The van der Waals surface area contributed by atoms with Gasteiger partial charge in [0, 0.05) is 62.3 Å². The van der Waals surface area contributed by atoms with Crippen LogP contribution >= 0.6 is 24.8 Å². The molecule has 5 heterocycles. The molecule has 1 N–H and O–H groups in total. The molecular formula is C23H32Cl2N4O2. The maximum atomic E-state index is 13.1. The fourth-order valence-corrected chi connectivity index (χ4v) is 5.13. The van der Waals surface area contributed by atoms with Crippen LogP contribution in [-0.4, -0.2) is 46.7 Å². The number of likely N-dealkylation sites (tertiary alicyclic amines) is 1. The van der Waals surface area contributed by atoms with Crippen molar-refractivity contribution in [3.05, 3.63) is 63.8 Å². The molecule has 3 aliphatic heterocycles. The molecule has 2 atom stereocenters. The SMILES string of the molecule is Cl.Cl.O=c1c(CN2CCC(OCc3cccnc3)CC2)ccc2n1C[C@@H]1CNC[C@H]2C1. The number of aromatic nitrogens is 2. The van der Waals surface area contributed by atoms with E-state index in [-0.39, 0.29) is 30.4 Å². The van der Waals surface area contributed by atoms with Crippen molar-refractivity contribution >= 4 is 24.8 Å². The molecule has 0 aromatic carbocycles. The van der Waals surface area contributed by atoms with Crippen LogP contribution in [0.3, 0.4) is 0 Å². The third-order valence-corrected chi connectivity index (χ3v) is 6.72. The highest BCUT2D eigenvalue weighted by Crippen LogP contribution is 2.31. The van der Waals surface area contributed by atoms with Crippen molar-refractivity contribution < 1.29 is 4.74 Å². The minimum Gasteiger partial charge on any atom is -0.373 e. The van der Waals surface area contributed by atoms with Crippen LogP contribution in [0.4, 0.5) is 0 Å². The van der Waals surface area contributed by atoms with Crippen molar-refractivity contribution in [3.8, 4) is 0 Å². The molecule has 2 aromatic heterocycles. The van der Waals surface area contributed by atoms with Gasteiger partial charge in [-0.25, -0.2) is 0 Å². The van der Waals surface area contributed by atoms with Crippen LogP contribution < -0.4 is 10.9 Å². The number of nitrogens with zero attached hydrogens (tertiary/aromatic N) is 3. The van der Waals surface area contributed by atoms with E-state index in [0.29, 0.717) is 24.5 Å². The summed E-state index contributed by atoms with van der Waals surface area (Å²) in [6.07, 6.45) is 7.20. The molecule has 5 rings (SSSR count). The Balaban J connectivity index is 0.00000136. The zero-order valence-corrected chi connectivity index (χ0v) is 19.4. The van der Waals surface area contributed by atoms with Gasteiger partial charge in [-0.3, -0.25) is 14.7 Å². The van der Waals surface area contributed by atoms with Crippen LogP contribution in [0.2, 0.25) is 0 Å². The monoisotopic (exact) mass is 466 g/mol. The van der Waals surface area contributed by atoms with Crippen molar-refractivity contribution in [2.45, 2.75) is 51.0 Å². The summed E-state index contributed by atoms with van der Waals surface area (Å²) >= 11 is 0. The highest BCUT2D eigenvalue weighted by atomic mass is 35.5. The molecule has 6 nitrogen and oxygen atoms in total. The van der Waals surface area contributed by atoms with Crippen molar-refractivity contribution in [1.29, 1.82) is 0 Å². The van der Waals surface area contributed by atoms with Gasteiger partial charge in [-0.2, -0.15) is 0 Å². The van der Waals surface area contributed by atoms with Crippen LogP contribution in [0.5, 0.6) is 0 Å². The largest absolute Gasteiger partial charge is 0.373 e. The average Bonchev–Trinajstić information content (AvgIpc) is 2.76. The Hall–Kier alpha value is -1.44. The number of nitrogens with one attached hydrogen (secondary N) is 1. The summed E-state index contributed by atoms with van der Waals surface area (Å²) in [5.74, 6) is 1.10. The molecule has 0 spiro atoms. The first-order valence-corrected chi connectivity index (χ1v) is 10.9. The van der Waals surface area contributed by atoms with E-state index in [2.05, 4.69) is 38.0 Å². The van der Waals surface area contributed by atoms with Gasteiger partial charge in [-0.15, -0.1) is 24.8 Å². The molecule has 3 aliphatic rings. The molecule has 0 radical (unpaired) electrons. The van der Waals surface area contributed by atoms with E-state index >= 15 is 0 Å². The first-order chi connectivity index (χ1) is 14.3. The Bertz CT molecular complexity index is 900. The van der Waals surface area contributed by atoms with Gasteiger partial charge < -0.3 is 14.6 Å². The number of ether oxygens (including phenoxy) is 1. The van der Waals surface area contributed by atoms with E-state index in [4.69, 9.17) is 4.74 Å². The van der Waals surface area contributed by atoms with Gasteiger partial charge >= 0.3 is 0 Å². The summed E-state index contributed by atoms with van der Waals surface area (Å²) in [4.78, 5) is 19.7. The normalized spacial score (nSPS) is 23.4. The fraction of sp³-hybridized carbons (Fsp3) is 0.565. The van der Waals surface area contributed by atoms with Gasteiger partial charge in [0.05, 0.1) is 12.7 Å². The van der Waals surface area contributed by atoms with Gasteiger partial charge in [0.25, 0.3) is 5.56 Å². The van der Waals surface area contributed by atoms with Gasteiger partial charge in [0.1, 0.15) is 0 Å². The molecule has 0 aliphatic carbocycles. The second-order valence-corrected chi connectivity index (χ2v) is 8.80. The van der Waals surface area contributed by atoms with Crippen molar-refractivity contribution in [3.63, 3.8) is 0 Å². The minimum atomic E-state index is 0. The highest BCUT2D eigenvalue weighted by Gasteiger charge is 2.31. The topological polar surface area (TPSA) is 59.4 Å². The van der Waals surface area contributed by atoms with E-state index in [0.717, 1.165) is 63.2 Å². The molecule has 2 aromatic rings. The van der Waals surface area contributed by atoms with Gasteiger partial charge in [0.2, 0.25) is 0 Å². The molecule has 2 bridgehead atoms. The molecule has 8 heteroatoms. The maximum Gasteiger partial charge on any atom is 0.255 e. The quantitative estimate of drug-likeness (QED) is 0.733. The zero-order chi connectivity index (χ0) is 19.6. The van der Waals surface area contributed by atoms with Crippen LogP contribution in [0.15, 0.2) is 41.5 Å². The van der Waals surface area contributed by atoms with Crippen LogP contribution in [-0.2, 0) is 24.4 Å². The smallest absolute Gasteiger partial charge is 0.255 e. The summed E-state index contributed by atoms with van der Waals surface area (Å²) < 4.78 is 8.14. The van der Waals surface area contributed by atoms with Gasteiger partial charge in [-0.1, -0.05) is 12.1 Å². The molecule has 170 valence electrons. The second-order valence-electron chi connectivity index (χ2n) is 8.80. The Kier molecular flexibility index (Phi) is 8.53. The minimum absolute atomic E-state index is 0. The average molecular weight is 467 g/mol. The number of hydrogen-bond acceptors (Lipinski definition) is 5. The van der Waals surface area contributed by atoms with E-state index in [1.165, 1.54) is 12.1 Å². The highest BCUT2D eigenvalue weighted by molar-refractivity contribution is 5.85. The van der Waals surface area contributed by atoms with E-state index in [1.54, 1.807) is 6.20 Å². The summed E-state index contributed by atoms with van der Waals surface area (Å²) in [5.41, 5.74) is 3.52. The van der Waals surface area contributed by atoms with E-state index in [1.807, 2.05) is 12.3 Å². The van der Waals surface area contributed by atoms with Crippen LogP contribution in [0.1, 0.15) is 42.0 Å². The lowest BCUT2D eigenvalue weighted by molar-refractivity contribution is -0.00413. The molecule has 31 heavy (non-hydrogen) atoms. The fourth-order valence-electron chi connectivity index (χ4n) is 5.13. The van der Waals surface area contributed by atoms with Crippen molar-refractivity contribution in [2.24, 2.45) is 5.92 Å². The summed E-state index contributed by atoms with van der Waals surface area (Å²) in [6.45, 7) is 6.25. The Morgan fingerprint density at radius 2 is 1.97 bits per heavy atom. The standard InChI is InChI=1S/C23H30N4O2.2ClH/c28-23-19(3-4-22-20-10-18(12-25-13-20)14-27(22)23)15-26-8-5-21(6-9-26)29-16-17-2-1-7-24-11-17;;/h1-4,7,11,18,20-21,25H,5-6,8-10,12-16H2;2*1H/t18-,20+;;/m0../s1. The summed E-state index contributed by atoms with van der Waals surface area (Å²) in [7, 11) is 0.